The molecule has 3 N–H and O–H groups in total. The van der Waals surface area contributed by atoms with Gasteiger partial charge in [0.05, 0.1) is 5.69 Å². The molecule has 0 heterocycles. The van der Waals surface area contributed by atoms with Gasteiger partial charge < -0.3 is 11.1 Å². The van der Waals surface area contributed by atoms with Crippen LogP contribution in [0.1, 0.15) is 33.1 Å². The van der Waals surface area contributed by atoms with Crippen LogP contribution in [0.5, 0.6) is 0 Å². The summed E-state index contributed by atoms with van der Waals surface area (Å²) in [4.78, 5) is 11.9. The van der Waals surface area contributed by atoms with E-state index in [0.29, 0.717) is 13.0 Å². The second-order valence-corrected chi connectivity index (χ2v) is 7.15. The Kier molecular flexibility index (Phi) is 6.50. The van der Waals surface area contributed by atoms with Crippen LogP contribution >= 0.6 is 31.9 Å². The first kappa shape index (κ1) is 16.7. The van der Waals surface area contributed by atoms with Crippen LogP contribution in [0.25, 0.3) is 0 Å². The van der Waals surface area contributed by atoms with Gasteiger partial charge in [0.25, 0.3) is 0 Å². The van der Waals surface area contributed by atoms with E-state index < -0.39 is 0 Å². The Hall–Kier alpha value is -0.390. The molecular weight excluding hydrogens is 372 g/mol. The minimum absolute atomic E-state index is 0.0314. The number of anilines is 1. The molecule has 1 aromatic carbocycles. The third-order valence-corrected chi connectivity index (χ3v) is 4.24. The summed E-state index contributed by atoms with van der Waals surface area (Å²) >= 11 is 6.81. The fourth-order valence-electron chi connectivity index (χ4n) is 1.77. The summed E-state index contributed by atoms with van der Waals surface area (Å²) in [5.74, 6) is 0.0314. The molecule has 0 aromatic heterocycles. The first-order valence-electron chi connectivity index (χ1n) is 6.29. The van der Waals surface area contributed by atoms with Crippen molar-refractivity contribution in [3.8, 4) is 0 Å². The van der Waals surface area contributed by atoms with E-state index in [2.05, 4.69) is 51.0 Å². The molecule has 0 aliphatic rings. The largest absolute Gasteiger partial charge is 0.330 e. The van der Waals surface area contributed by atoms with Gasteiger partial charge in [0.2, 0.25) is 5.91 Å². The lowest BCUT2D eigenvalue weighted by atomic mass is 9.84. The zero-order chi connectivity index (χ0) is 14.5. The first-order chi connectivity index (χ1) is 8.84. The van der Waals surface area contributed by atoms with Gasteiger partial charge >= 0.3 is 0 Å². The molecule has 5 heteroatoms. The van der Waals surface area contributed by atoms with Crippen LogP contribution in [-0.2, 0) is 4.79 Å². The fourth-order valence-corrected chi connectivity index (χ4v) is 2.48. The van der Waals surface area contributed by atoms with Gasteiger partial charge in [0.15, 0.2) is 0 Å². The van der Waals surface area contributed by atoms with Crippen LogP contribution in [0.4, 0.5) is 5.69 Å². The number of hydrogen-bond acceptors (Lipinski definition) is 2. The van der Waals surface area contributed by atoms with Crippen molar-refractivity contribution in [1.82, 2.24) is 0 Å². The molecule has 0 unspecified atom stereocenters. The molecule has 1 amide bonds. The summed E-state index contributed by atoms with van der Waals surface area (Å²) in [5, 5.41) is 2.92. The number of carbonyl (C=O) groups excluding carboxylic acids is 1. The standard InChI is InChI=1S/C14H20Br2N2O/c1-14(2,7-8-17)6-5-13(19)18-12-9-10(15)3-4-11(12)16/h3-4,9H,5-8,17H2,1-2H3,(H,18,19). The summed E-state index contributed by atoms with van der Waals surface area (Å²) in [6.45, 7) is 4.94. The Bertz CT molecular complexity index is 447. The summed E-state index contributed by atoms with van der Waals surface area (Å²) < 4.78 is 1.82. The molecule has 0 spiro atoms. The van der Waals surface area contributed by atoms with Crippen LogP contribution in [-0.4, -0.2) is 12.5 Å². The van der Waals surface area contributed by atoms with E-state index >= 15 is 0 Å². The summed E-state index contributed by atoms with van der Waals surface area (Å²) in [5.41, 5.74) is 6.47. The maximum absolute atomic E-state index is 11.9. The van der Waals surface area contributed by atoms with Crippen LogP contribution in [0.2, 0.25) is 0 Å². The van der Waals surface area contributed by atoms with E-state index in [1.807, 2.05) is 18.2 Å². The predicted molar refractivity (Wildman–Crippen MR) is 87.2 cm³/mol. The SMILES string of the molecule is CC(C)(CCN)CCC(=O)Nc1cc(Br)ccc1Br. The highest BCUT2D eigenvalue weighted by Crippen LogP contribution is 2.28. The molecule has 0 aliphatic heterocycles. The van der Waals surface area contributed by atoms with Crippen molar-refractivity contribution in [3.63, 3.8) is 0 Å². The number of halogens is 2. The minimum Gasteiger partial charge on any atom is -0.330 e. The Morgan fingerprint density at radius 2 is 2.00 bits per heavy atom. The molecule has 0 fully saturated rings. The lowest BCUT2D eigenvalue weighted by Gasteiger charge is -2.23. The number of benzene rings is 1. The highest BCUT2D eigenvalue weighted by atomic mass is 79.9. The Balaban J connectivity index is 2.54. The molecule has 0 saturated heterocycles. The minimum atomic E-state index is 0.0314. The van der Waals surface area contributed by atoms with Crippen molar-refractivity contribution in [3.05, 3.63) is 27.1 Å². The van der Waals surface area contributed by atoms with Crippen molar-refractivity contribution in [2.45, 2.75) is 33.1 Å². The van der Waals surface area contributed by atoms with Gasteiger partial charge in [0.1, 0.15) is 0 Å². The van der Waals surface area contributed by atoms with Crippen molar-refractivity contribution in [1.29, 1.82) is 0 Å². The topological polar surface area (TPSA) is 55.1 Å². The average molecular weight is 392 g/mol. The van der Waals surface area contributed by atoms with E-state index in [0.717, 1.165) is 27.5 Å². The monoisotopic (exact) mass is 390 g/mol. The Morgan fingerprint density at radius 1 is 1.32 bits per heavy atom. The maximum Gasteiger partial charge on any atom is 0.224 e. The number of nitrogens with one attached hydrogen (secondary N) is 1. The molecule has 0 atom stereocenters. The number of rotatable bonds is 6. The molecular formula is C14H20Br2N2O. The van der Waals surface area contributed by atoms with Gasteiger partial charge in [-0.3, -0.25) is 4.79 Å². The molecule has 0 bridgehead atoms. The van der Waals surface area contributed by atoms with E-state index in [1.165, 1.54) is 0 Å². The van der Waals surface area contributed by atoms with Gasteiger partial charge in [-0.1, -0.05) is 29.8 Å². The van der Waals surface area contributed by atoms with E-state index in [1.54, 1.807) is 0 Å². The second-order valence-electron chi connectivity index (χ2n) is 5.38. The third kappa shape index (κ3) is 6.06. The summed E-state index contributed by atoms with van der Waals surface area (Å²) in [6, 6.07) is 5.70. The lowest BCUT2D eigenvalue weighted by molar-refractivity contribution is -0.116. The van der Waals surface area contributed by atoms with Crippen molar-refractivity contribution < 1.29 is 4.79 Å². The number of nitrogens with two attached hydrogens (primary N) is 1. The number of amides is 1. The normalized spacial score (nSPS) is 11.4. The molecule has 0 aliphatic carbocycles. The maximum atomic E-state index is 11.9. The Labute approximate surface area is 131 Å². The molecule has 0 saturated carbocycles. The van der Waals surface area contributed by atoms with Gasteiger partial charge in [-0.15, -0.1) is 0 Å². The molecule has 1 aromatic rings. The van der Waals surface area contributed by atoms with Crippen LogP contribution in [0, 0.1) is 5.41 Å². The number of hydrogen-bond donors (Lipinski definition) is 2. The summed E-state index contributed by atoms with van der Waals surface area (Å²) in [6.07, 6.45) is 2.27. The van der Waals surface area contributed by atoms with E-state index in [-0.39, 0.29) is 11.3 Å². The molecule has 106 valence electrons. The van der Waals surface area contributed by atoms with Crippen molar-refractivity contribution >= 4 is 43.5 Å². The number of carbonyl (C=O) groups is 1. The van der Waals surface area contributed by atoms with Crippen LogP contribution in [0.15, 0.2) is 27.1 Å². The predicted octanol–water partition coefficient (Wildman–Crippen LogP) is 4.31. The van der Waals surface area contributed by atoms with E-state index in [9.17, 15) is 4.79 Å². The summed E-state index contributed by atoms with van der Waals surface area (Å²) in [7, 11) is 0. The zero-order valence-electron chi connectivity index (χ0n) is 11.3. The average Bonchev–Trinajstić information content (AvgIpc) is 2.31. The quantitative estimate of drug-likeness (QED) is 0.759. The second kappa shape index (κ2) is 7.41. The fraction of sp³-hybridized carbons (Fsp3) is 0.500. The Morgan fingerprint density at radius 3 is 2.63 bits per heavy atom. The van der Waals surface area contributed by atoms with E-state index in [4.69, 9.17) is 5.73 Å². The molecule has 1 rings (SSSR count). The molecule has 19 heavy (non-hydrogen) atoms. The molecule has 3 nitrogen and oxygen atoms in total. The molecule has 0 radical (unpaired) electrons. The van der Waals surface area contributed by atoms with Gasteiger partial charge in [-0.2, -0.15) is 0 Å². The highest BCUT2D eigenvalue weighted by Gasteiger charge is 2.18. The van der Waals surface area contributed by atoms with Gasteiger partial charge in [-0.25, -0.2) is 0 Å². The highest BCUT2D eigenvalue weighted by molar-refractivity contribution is 9.11. The van der Waals surface area contributed by atoms with Crippen molar-refractivity contribution in [2.24, 2.45) is 11.1 Å². The van der Waals surface area contributed by atoms with Gasteiger partial charge in [0, 0.05) is 15.4 Å². The smallest absolute Gasteiger partial charge is 0.224 e. The van der Waals surface area contributed by atoms with Gasteiger partial charge in [-0.05, 0) is 58.9 Å². The zero-order valence-corrected chi connectivity index (χ0v) is 14.5. The first-order valence-corrected chi connectivity index (χ1v) is 7.88. The lowest BCUT2D eigenvalue weighted by Crippen LogP contribution is -2.20. The van der Waals surface area contributed by atoms with Crippen molar-refractivity contribution in [2.75, 3.05) is 11.9 Å². The van der Waals surface area contributed by atoms with Crippen LogP contribution in [0.3, 0.4) is 0 Å². The third-order valence-electron chi connectivity index (χ3n) is 3.05. The van der Waals surface area contributed by atoms with Crippen LogP contribution < -0.4 is 11.1 Å².